The molecule has 4 heteroatoms. The van der Waals surface area contributed by atoms with Crippen molar-refractivity contribution in [2.24, 2.45) is 5.73 Å². The van der Waals surface area contributed by atoms with Crippen molar-refractivity contribution in [1.29, 1.82) is 0 Å². The van der Waals surface area contributed by atoms with Gasteiger partial charge >= 0.3 is 0 Å². The standard InChI is InChI=1S/C13H27N3O/c1-3-5-11(2)15-13(17)10-16(9-4-8-14)12-6-7-12/h11-12H,3-10,14H2,1-2H3,(H,15,17). The second-order valence-corrected chi connectivity index (χ2v) is 5.10. The minimum absolute atomic E-state index is 0.162. The number of hydrogen-bond acceptors (Lipinski definition) is 3. The van der Waals surface area contributed by atoms with E-state index in [2.05, 4.69) is 24.1 Å². The molecule has 1 amide bonds. The Morgan fingerprint density at radius 1 is 1.53 bits per heavy atom. The van der Waals surface area contributed by atoms with E-state index in [1.807, 2.05) is 0 Å². The fourth-order valence-corrected chi connectivity index (χ4v) is 2.13. The number of amides is 1. The molecule has 0 saturated heterocycles. The van der Waals surface area contributed by atoms with Gasteiger partial charge in [0.15, 0.2) is 0 Å². The van der Waals surface area contributed by atoms with Crippen molar-refractivity contribution in [1.82, 2.24) is 10.2 Å². The zero-order valence-electron chi connectivity index (χ0n) is 11.2. The van der Waals surface area contributed by atoms with Crippen LogP contribution in [0.1, 0.15) is 46.0 Å². The molecule has 4 nitrogen and oxygen atoms in total. The largest absolute Gasteiger partial charge is 0.353 e. The van der Waals surface area contributed by atoms with Gasteiger partial charge in [-0.25, -0.2) is 0 Å². The first-order chi connectivity index (χ1) is 8.17. The highest BCUT2D eigenvalue weighted by Crippen LogP contribution is 2.26. The van der Waals surface area contributed by atoms with Crippen LogP contribution in [0.5, 0.6) is 0 Å². The molecule has 100 valence electrons. The van der Waals surface area contributed by atoms with Crippen LogP contribution in [0.3, 0.4) is 0 Å². The topological polar surface area (TPSA) is 58.4 Å². The van der Waals surface area contributed by atoms with Gasteiger partial charge in [0.1, 0.15) is 0 Å². The van der Waals surface area contributed by atoms with Crippen LogP contribution in [0.2, 0.25) is 0 Å². The first-order valence-electron chi connectivity index (χ1n) is 6.90. The van der Waals surface area contributed by atoms with Gasteiger partial charge in [0.05, 0.1) is 6.54 Å². The van der Waals surface area contributed by atoms with Gasteiger partial charge in [-0.05, 0) is 39.2 Å². The van der Waals surface area contributed by atoms with Gasteiger partial charge in [-0.2, -0.15) is 0 Å². The van der Waals surface area contributed by atoms with E-state index in [1.165, 1.54) is 12.8 Å². The average Bonchev–Trinajstić information content (AvgIpc) is 3.08. The number of hydrogen-bond donors (Lipinski definition) is 2. The molecule has 0 heterocycles. The van der Waals surface area contributed by atoms with Crippen molar-refractivity contribution < 1.29 is 4.79 Å². The molecule has 0 aromatic heterocycles. The van der Waals surface area contributed by atoms with Crippen molar-refractivity contribution in [3.63, 3.8) is 0 Å². The molecule has 0 radical (unpaired) electrons. The molecule has 17 heavy (non-hydrogen) atoms. The van der Waals surface area contributed by atoms with Gasteiger partial charge in [0, 0.05) is 18.6 Å². The van der Waals surface area contributed by atoms with Gasteiger partial charge in [0.2, 0.25) is 5.91 Å². The third-order valence-electron chi connectivity index (χ3n) is 3.19. The first kappa shape index (κ1) is 14.5. The summed E-state index contributed by atoms with van der Waals surface area (Å²) in [6.45, 7) is 6.41. The lowest BCUT2D eigenvalue weighted by molar-refractivity contribution is -0.123. The lowest BCUT2D eigenvalue weighted by Crippen LogP contribution is -2.42. The van der Waals surface area contributed by atoms with E-state index in [9.17, 15) is 4.79 Å². The predicted octanol–water partition coefficient (Wildman–Crippen LogP) is 1.10. The maximum Gasteiger partial charge on any atom is 0.234 e. The predicted molar refractivity (Wildman–Crippen MR) is 70.8 cm³/mol. The molecule has 1 fully saturated rings. The van der Waals surface area contributed by atoms with Crippen molar-refractivity contribution in [2.75, 3.05) is 19.6 Å². The van der Waals surface area contributed by atoms with E-state index < -0.39 is 0 Å². The maximum atomic E-state index is 11.9. The molecule has 0 aliphatic heterocycles. The van der Waals surface area contributed by atoms with Crippen LogP contribution in [0, 0.1) is 0 Å². The van der Waals surface area contributed by atoms with E-state index in [0.29, 0.717) is 25.2 Å². The van der Waals surface area contributed by atoms with Crippen LogP contribution < -0.4 is 11.1 Å². The summed E-state index contributed by atoms with van der Waals surface area (Å²) in [6, 6.07) is 0.928. The van der Waals surface area contributed by atoms with Crippen molar-refractivity contribution >= 4 is 5.91 Å². The second-order valence-electron chi connectivity index (χ2n) is 5.10. The summed E-state index contributed by atoms with van der Waals surface area (Å²) in [5.41, 5.74) is 5.52. The van der Waals surface area contributed by atoms with Gasteiger partial charge in [0.25, 0.3) is 0 Å². The molecule has 1 atom stereocenters. The summed E-state index contributed by atoms with van der Waals surface area (Å²) < 4.78 is 0. The van der Waals surface area contributed by atoms with Crippen LogP contribution in [-0.2, 0) is 4.79 Å². The number of nitrogens with two attached hydrogens (primary N) is 1. The molecule has 0 aromatic carbocycles. The minimum atomic E-state index is 0.162. The fourth-order valence-electron chi connectivity index (χ4n) is 2.13. The lowest BCUT2D eigenvalue weighted by Gasteiger charge is -2.22. The van der Waals surface area contributed by atoms with Crippen LogP contribution in [0.25, 0.3) is 0 Å². The molecular formula is C13H27N3O. The SMILES string of the molecule is CCCC(C)NC(=O)CN(CCCN)C1CC1. The van der Waals surface area contributed by atoms with Gasteiger partial charge in [-0.15, -0.1) is 0 Å². The van der Waals surface area contributed by atoms with E-state index in [-0.39, 0.29) is 5.91 Å². The molecule has 1 aliphatic rings. The zero-order valence-corrected chi connectivity index (χ0v) is 11.2. The molecule has 0 bridgehead atoms. The summed E-state index contributed by atoms with van der Waals surface area (Å²) in [4.78, 5) is 14.1. The Morgan fingerprint density at radius 3 is 2.76 bits per heavy atom. The summed E-state index contributed by atoms with van der Waals surface area (Å²) in [5, 5.41) is 3.06. The third-order valence-corrected chi connectivity index (χ3v) is 3.19. The Morgan fingerprint density at radius 2 is 2.24 bits per heavy atom. The van der Waals surface area contributed by atoms with Crippen molar-refractivity contribution in [2.45, 2.75) is 58.0 Å². The summed E-state index contributed by atoms with van der Waals surface area (Å²) in [7, 11) is 0. The minimum Gasteiger partial charge on any atom is -0.353 e. The van der Waals surface area contributed by atoms with Gasteiger partial charge < -0.3 is 11.1 Å². The monoisotopic (exact) mass is 241 g/mol. The highest BCUT2D eigenvalue weighted by atomic mass is 16.2. The second kappa shape index (κ2) is 7.67. The molecule has 1 saturated carbocycles. The van der Waals surface area contributed by atoms with E-state index in [1.54, 1.807) is 0 Å². The van der Waals surface area contributed by atoms with E-state index in [4.69, 9.17) is 5.73 Å². The van der Waals surface area contributed by atoms with Gasteiger partial charge in [-0.1, -0.05) is 13.3 Å². The van der Waals surface area contributed by atoms with Crippen LogP contribution >= 0.6 is 0 Å². The Kier molecular flexibility index (Phi) is 6.52. The zero-order chi connectivity index (χ0) is 12.7. The van der Waals surface area contributed by atoms with Crippen molar-refractivity contribution in [3.05, 3.63) is 0 Å². The van der Waals surface area contributed by atoms with Crippen LogP contribution in [0.4, 0.5) is 0 Å². The van der Waals surface area contributed by atoms with E-state index in [0.717, 1.165) is 25.8 Å². The number of nitrogens with zero attached hydrogens (tertiary/aromatic N) is 1. The Labute approximate surface area is 105 Å². The lowest BCUT2D eigenvalue weighted by atomic mass is 10.2. The molecule has 1 aliphatic carbocycles. The number of carbonyl (C=O) groups is 1. The smallest absolute Gasteiger partial charge is 0.234 e. The number of nitrogens with one attached hydrogen (secondary N) is 1. The Bertz CT molecular complexity index is 229. The molecule has 1 rings (SSSR count). The van der Waals surface area contributed by atoms with E-state index >= 15 is 0 Å². The first-order valence-corrected chi connectivity index (χ1v) is 6.90. The highest BCUT2D eigenvalue weighted by molar-refractivity contribution is 5.78. The van der Waals surface area contributed by atoms with Crippen LogP contribution in [-0.4, -0.2) is 42.5 Å². The summed E-state index contributed by atoms with van der Waals surface area (Å²) >= 11 is 0. The summed E-state index contributed by atoms with van der Waals surface area (Å²) in [5.74, 6) is 0.162. The van der Waals surface area contributed by atoms with Gasteiger partial charge in [-0.3, -0.25) is 9.69 Å². The maximum absolute atomic E-state index is 11.9. The highest BCUT2D eigenvalue weighted by Gasteiger charge is 2.29. The fraction of sp³-hybridized carbons (Fsp3) is 0.923. The van der Waals surface area contributed by atoms with Crippen molar-refractivity contribution in [3.8, 4) is 0 Å². The Balaban J connectivity index is 2.25. The summed E-state index contributed by atoms with van der Waals surface area (Å²) in [6.07, 6.45) is 5.62. The molecule has 0 spiro atoms. The third kappa shape index (κ3) is 6.03. The normalized spacial score (nSPS) is 17.2. The molecule has 1 unspecified atom stereocenters. The molecule has 3 N–H and O–H groups in total. The van der Waals surface area contributed by atoms with Crippen LogP contribution in [0.15, 0.2) is 0 Å². The number of rotatable bonds is 9. The Hall–Kier alpha value is -0.610. The quantitative estimate of drug-likeness (QED) is 0.635. The average molecular weight is 241 g/mol. The number of carbonyl (C=O) groups excluding carboxylic acids is 1. The molecular weight excluding hydrogens is 214 g/mol. The molecule has 0 aromatic rings.